The monoisotopic (exact) mass is 230 g/mol. The molecule has 3 rings (SSSR count). The van der Waals surface area contributed by atoms with E-state index in [2.05, 4.69) is 28.9 Å². The second-order valence-corrected chi connectivity index (χ2v) is 5.89. The van der Waals surface area contributed by atoms with Crippen LogP contribution < -0.4 is 4.90 Å². The van der Waals surface area contributed by atoms with Crippen molar-refractivity contribution in [3.8, 4) is 0 Å². The van der Waals surface area contributed by atoms with Crippen LogP contribution in [0.5, 0.6) is 0 Å². The minimum absolute atomic E-state index is 0.648. The van der Waals surface area contributed by atoms with Crippen molar-refractivity contribution in [3.63, 3.8) is 0 Å². The third kappa shape index (κ3) is 2.18. The fraction of sp³-hybridized carbons (Fsp3) is 0.667. The molecule has 2 heteroatoms. The molecule has 0 N–H and O–H groups in total. The number of aryl methyl sites for hydroxylation is 1. The summed E-state index contributed by atoms with van der Waals surface area (Å²) in [4.78, 5) is 6.86. The largest absolute Gasteiger partial charge is 0.371 e. The van der Waals surface area contributed by atoms with Gasteiger partial charge in [0.25, 0.3) is 0 Å². The van der Waals surface area contributed by atoms with Crippen LogP contribution >= 0.6 is 0 Å². The quantitative estimate of drug-likeness (QED) is 0.733. The lowest BCUT2D eigenvalue weighted by atomic mass is 9.73. The molecule has 1 aliphatic carbocycles. The summed E-state index contributed by atoms with van der Waals surface area (Å²) in [6.45, 7) is 4.59. The average molecular weight is 230 g/mol. The highest BCUT2D eigenvalue weighted by molar-refractivity contribution is 5.47. The molecule has 0 radical (unpaired) electrons. The summed E-state index contributed by atoms with van der Waals surface area (Å²) in [7, 11) is 0. The van der Waals surface area contributed by atoms with E-state index in [1.165, 1.54) is 57.3 Å². The van der Waals surface area contributed by atoms with E-state index >= 15 is 0 Å². The third-order valence-corrected chi connectivity index (χ3v) is 4.60. The summed E-state index contributed by atoms with van der Waals surface area (Å²) in [5.74, 6) is 0. The molecular formula is C15H22N2. The molecule has 17 heavy (non-hydrogen) atoms. The van der Waals surface area contributed by atoms with Gasteiger partial charge in [0.15, 0.2) is 0 Å². The molecule has 92 valence electrons. The molecule has 2 nitrogen and oxygen atoms in total. The first-order valence-corrected chi connectivity index (χ1v) is 6.95. The SMILES string of the molecule is Cc1cc(N2CCC3(CCCCC3)C2)ccn1. The van der Waals surface area contributed by atoms with Crippen LogP contribution in [-0.2, 0) is 0 Å². The lowest BCUT2D eigenvalue weighted by Crippen LogP contribution is -2.29. The van der Waals surface area contributed by atoms with Gasteiger partial charge in [-0.2, -0.15) is 0 Å². The molecule has 0 unspecified atom stereocenters. The van der Waals surface area contributed by atoms with Gasteiger partial charge in [-0.1, -0.05) is 19.3 Å². The van der Waals surface area contributed by atoms with E-state index < -0.39 is 0 Å². The maximum Gasteiger partial charge on any atom is 0.0399 e. The molecule has 2 heterocycles. The Labute approximate surface area is 104 Å². The Morgan fingerprint density at radius 1 is 1.18 bits per heavy atom. The molecule has 1 aromatic heterocycles. The molecule has 0 bridgehead atoms. The molecule has 1 saturated carbocycles. The molecule has 1 aromatic rings. The predicted octanol–water partition coefficient (Wildman–Crippen LogP) is 3.55. The van der Waals surface area contributed by atoms with Crippen LogP contribution in [0.15, 0.2) is 18.3 Å². The Morgan fingerprint density at radius 2 is 2.00 bits per heavy atom. The minimum Gasteiger partial charge on any atom is -0.371 e. The Balaban J connectivity index is 1.75. The van der Waals surface area contributed by atoms with Gasteiger partial charge in [-0.25, -0.2) is 0 Å². The number of hydrogen-bond donors (Lipinski definition) is 0. The Hall–Kier alpha value is -1.05. The van der Waals surface area contributed by atoms with Gasteiger partial charge in [-0.15, -0.1) is 0 Å². The second-order valence-electron chi connectivity index (χ2n) is 5.89. The first-order chi connectivity index (χ1) is 8.27. The van der Waals surface area contributed by atoms with Crippen molar-refractivity contribution in [2.75, 3.05) is 18.0 Å². The van der Waals surface area contributed by atoms with Crippen molar-refractivity contribution in [1.82, 2.24) is 4.98 Å². The zero-order valence-electron chi connectivity index (χ0n) is 10.8. The van der Waals surface area contributed by atoms with Crippen molar-refractivity contribution in [2.24, 2.45) is 5.41 Å². The van der Waals surface area contributed by atoms with Gasteiger partial charge in [-0.05, 0) is 43.7 Å². The summed E-state index contributed by atoms with van der Waals surface area (Å²) < 4.78 is 0. The van der Waals surface area contributed by atoms with Gasteiger partial charge in [-0.3, -0.25) is 4.98 Å². The zero-order chi connectivity index (χ0) is 11.7. The van der Waals surface area contributed by atoms with Crippen molar-refractivity contribution in [2.45, 2.75) is 45.4 Å². The fourth-order valence-corrected chi connectivity index (χ4v) is 3.59. The molecule has 0 atom stereocenters. The molecule has 2 aliphatic rings. The van der Waals surface area contributed by atoms with Crippen molar-refractivity contribution in [1.29, 1.82) is 0 Å². The molecule has 1 spiro atoms. The minimum atomic E-state index is 0.648. The van der Waals surface area contributed by atoms with Crippen LogP contribution in [0, 0.1) is 12.3 Å². The highest BCUT2D eigenvalue weighted by atomic mass is 15.2. The van der Waals surface area contributed by atoms with E-state index in [9.17, 15) is 0 Å². The summed E-state index contributed by atoms with van der Waals surface area (Å²) in [6.07, 6.45) is 10.6. The van der Waals surface area contributed by atoms with Crippen molar-refractivity contribution < 1.29 is 0 Å². The maximum absolute atomic E-state index is 4.29. The summed E-state index contributed by atoms with van der Waals surface area (Å²) in [5.41, 5.74) is 3.15. The van der Waals surface area contributed by atoms with Gasteiger partial charge in [0, 0.05) is 30.7 Å². The van der Waals surface area contributed by atoms with E-state index in [-0.39, 0.29) is 0 Å². The van der Waals surface area contributed by atoms with Crippen molar-refractivity contribution >= 4 is 5.69 Å². The smallest absolute Gasteiger partial charge is 0.0399 e. The summed E-state index contributed by atoms with van der Waals surface area (Å²) in [5, 5.41) is 0. The number of nitrogens with zero attached hydrogens (tertiary/aromatic N) is 2. The van der Waals surface area contributed by atoms with Gasteiger partial charge in [0.1, 0.15) is 0 Å². The zero-order valence-corrected chi connectivity index (χ0v) is 10.8. The topological polar surface area (TPSA) is 16.1 Å². The maximum atomic E-state index is 4.29. The molecule has 1 aliphatic heterocycles. The number of rotatable bonds is 1. The van der Waals surface area contributed by atoms with Gasteiger partial charge in [0.05, 0.1) is 0 Å². The van der Waals surface area contributed by atoms with Crippen molar-refractivity contribution in [3.05, 3.63) is 24.0 Å². The molecule has 0 amide bonds. The van der Waals surface area contributed by atoms with Gasteiger partial charge < -0.3 is 4.90 Å². The first kappa shape index (κ1) is 11.1. The Bertz CT molecular complexity index is 394. The number of anilines is 1. The molecule has 2 fully saturated rings. The van der Waals surface area contributed by atoms with E-state index in [1.54, 1.807) is 0 Å². The molecular weight excluding hydrogens is 208 g/mol. The number of hydrogen-bond acceptors (Lipinski definition) is 2. The Kier molecular flexibility index (Phi) is 2.81. The van der Waals surface area contributed by atoms with E-state index in [1.807, 2.05) is 6.20 Å². The van der Waals surface area contributed by atoms with Gasteiger partial charge in [0.2, 0.25) is 0 Å². The lowest BCUT2D eigenvalue weighted by Gasteiger charge is -2.33. The normalized spacial score (nSPS) is 23.2. The summed E-state index contributed by atoms with van der Waals surface area (Å²) >= 11 is 0. The number of aromatic nitrogens is 1. The van der Waals surface area contributed by atoms with Crippen LogP contribution in [0.4, 0.5) is 5.69 Å². The summed E-state index contributed by atoms with van der Waals surface area (Å²) in [6, 6.07) is 4.39. The van der Waals surface area contributed by atoms with Crippen LogP contribution in [0.25, 0.3) is 0 Å². The third-order valence-electron chi connectivity index (χ3n) is 4.60. The van der Waals surface area contributed by atoms with E-state index in [0.717, 1.165) is 5.69 Å². The average Bonchev–Trinajstić information content (AvgIpc) is 2.74. The molecule has 1 saturated heterocycles. The van der Waals surface area contributed by atoms with Crippen LogP contribution in [0.2, 0.25) is 0 Å². The lowest BCUT2D eigenvalue weighted by molar-refractivity contribution is 0.219. The molecule has 0 aromatic carbocycles. The van der Waals surface area contributed by atoms with Crippen LogP contribution in [0.1, 0.15) is 44.2 Å². The predicted molar refractivity (Wildman–Crippen MR) is 71.3 cm³/mol. The second kappa shape index (κ2) is 4.32. The fourth-order valence-electron chi connectivity index (χ4n) is 3.59. The Morgan fingerprint density at radius 3 is 2.76 bits per heavy atom. The van der Waals surface area contributed by atoms with Crippen LogP contribution in [0.3, 0.4) is 0 Å². The highest BCUT2D eigenvalue weighted by Crippen LogP contribution is 2.44. The number of pyridine rings is 1. The standard InChI is InChI=1S/C15H22N2/c1-13-11-14(5-9-16-13)17-10-8-15(12-17)6-3-2-4-7-15/h5,9,11H,2-4,6-8,10,12H2,1H3. The van der Waals surface area contributed by atoms with Gasteiger partial charge >= 0.3 is 0 Å². The van der Waals surface area contributed by atoms with E-state index in [0.29, 0.717) is 5.41 Å². The highest BCUT2D eigenvalue weighted by Gasteiger charge is 2.38. The first-order valence-electron chi connectivity index (χ1n) is 6.95. The van der Waals surface area contributed by atoms with E-state index in [4.69, 9.17) is 0 Å². The van der Waals surface area contributed by atoms with Crippen LogP contribution in [-0.4, -0.2) is 18.1 Å².